The van der Waals surface area contributed by atoms with Gasteiger partial charge < -0.3 is 15.0 Å². The van der Waals surface area contributed by atoms with Crippen molar-refractivity contribution in [2.45, 2.75) is 31.4 Å². The first-order valence-electron chi connectivity index (χ1n) is 8.71. The highest BCUT2D eigenvalue weighted by Crippen LogP contribution is 2.28. The number of hydrogen-bond acceptors (Lipinski definition) is 4. The number of rotatable bonds is 5. The van der Waals surface area contributed by atoms with Crippen LogP contribution < -0.4 is 0 Å². The Kier molecular flexibility index (Phi) is 4.50. The van der Waals surface area contributed by atoms with Gasteiger partial charge in [0, 0.05) is 24.9 Å². The Morgan fingerprint density at radius 1 is 1.24 bits per heavy atom. The Bertz CT molecular complexity index is 823. The Morgan fingerprint density at radius 3 is 2.80 bits per heavy atom. The zero-order chi connectivity index (χ0) is 17.2. The fourth-order valence-corrected chi connectivity index (χ4v) is 3.58. The summed E-state index contributed by atoms with van der Waals surface area (Å²) in [6, 6.07) is 6.85. The molecule has 1 aliphatic heterocycles. The minimum absolute atomic E-state index is 0.279. The molecule has 1 aromatic carbocycles. The zero-order valence-electron chi connectivity index (χ0n) is 14.0. The van der Waals surface area contributed by atoms with Gasteiger partial charge >= 0.3 is 0 Å². The van der Waals surface area contributed by atoms with Gasteiger partial charge in [-0.3, -0.25) is 4.68 Å². The van der Waals surface area contributed by atoms with Crippen LogP contribution in [0.1, 0.15) is 24.6 Å². The molecule has 0 saturated carbocycles. The van der Waals surface area contributed by atoms with E-state index in [2.05, 4.69) is 20.0 Å². The Morgan fingerprint density at radius 2 is 2.08 bits per heavy atom. The van der Waals surface area contributed by atoms with Gasteiger partial charge in [0.2, 0.25) is 0 Å². The van der Waals surface area contributed by atoms with E-state index in [4.69, 9.17) is 0 Å². The van der Waals surface area contributed by atoms with Crippen LogP contribution in [0.15, 0.2) is 36.7 Å². The van der Waals surface area contributed by atoms with Gasteiger partial charge in [0.25, 0.3) is 0 Å². The second kappa shape index (κ2) is 6.93. The number of piperidine rings is 1. The molecule has 2 N–H and O–H groups in total. The number of para-hydroxylation sites is 1. The molecule has 1 atom stereocenters. The molecule has 0 amide bonds. The third kappa shape index (κ3) is 3.57. The second-order valence-corrected chi connectivity index (χ2v) is 6.71. The summed E-state index contributed by atoms with van der Waals surface area (Å²) in [6.07, 6.45) is 5.05. The second-order valence-electron chi connectivity index (χ2n) is 6.71. The summed E-state index contributed by atoms with van der Waals surface area (Å²) in [4.78, 5) is 9.99. The molecule has 132 valence electrons. The van der Waals surface area contributed by atoms with Gasteiger partial charge in [-0.15, -0.1) is 0 Å². The molecular weight excluding hydrogens is 321 g/mol. The lowest BCUT2D eigenvalue weighted by atomic mass is 9.96. The number of H-pyrrole nitrogens is 1. The predicted octanol–water partition coefficient (Wildman–Crippen LogP) is 2.14. The molecule has 25 heavy (non-hydrogen) atoms. The molecule has 1 unspecified atom stereocenters. The van der Waals surface area contributed by atoms with Crippen molar-refractivity contribution in [1.29, 1.82) is 0 Å². The van der Waals surface area contributed by atoms with Crippen molar-refractivity contribution in [3.63, 3.8) is 0 Å². The van der Waals surface area contributed by atoms with Crippen LogP contribution in [0.2, 0.25) is 0 Å². The Balaban J connectivity index is 1.33. The maximum atomic E-state index is 13.8. The highest BCUT2D eigenvalue weighted by atomic mass is 19.1. The van der Waals surface area contributed by atoms with Gasteiger partial charge in [-0.05, 0) is 44.1 Å². The molecule has 0 aliphatic carbocycles. The fourth-order valence-electron chi connectivity index (χ4n) is 3.58. The van der Waals surface area contributed by atoms with Crippen LogP contribution in [0.5, 0.6) is 0 Å². The molecule has 3 aromatic rings. The molecule has 4 rings (SSSR count). The monoisotopic (exact) mass is 343 g/mol. The molecule has 6 nitrogen and oxygen atoms in total. The van der Waals surface area contributed by atoms with Crippen LogP contribution in [0, 0.1) is 5.82 Å². The Hall–Kier alpha value is -2.25. The van der Waals surface area contributed by atoms with Crippen LogP contribution in [-0.4, -0.2) is 55.5 Å². The van der Waals surface area contributed by atoms with E-state index in [0.29, 0.717) is 24.5 Å². The van der Waals surface area contributed by atoms with Gasteiger partial charge in [-0.2, -0.15) is 5.10 Å². The minimum Gasteiger partial charge on any atom is -0.390 e. The van der Waals surface area contributed by atoms with Crippen molar-refractivity contribution >= 4 is 11.0 Å². The van der Waals surface area contributed by atoms with Gasteiger partial charge in [0.05, 0.1) is 18.2 Å². The average Bonchev–Trinajstić information content (AvgIpc) is 3.25. The van der Waals surface area contributed by atoms with E-state index in [0.717, 1.165) is 37.3 Å². The van der Waals surface area contributed by atoms with E-state index in [1.54, 1.807) is 16.9 Å². The van der Waals surface area contributed by atoms with Crippen molar-refractivity contribution in [3.05, 3.63) is 48.3 Å². The molecule has 3 heterocycles. The van der Waals surface area contributed by atoms with Gasteiger partial charge in [0.1, 0.15) is 11.3 Å². The van der Waals surface area contributed by atoms with Crippen molar-refractivity contribution < 1.29 is 9.50 Å². The fraction of sp³-hybridized carbons (Fsp3) is 0.444. The van der Waals surface area contributed by atoms with Crippen LogP contribution >= 0.6 is 0 Å². The van der Waals surface area contributed by atoms with Crippen molar-refractivity contribution in [2.24, 2.45) is 0 Å². The molecule has 0 spiro atoms. The van der Waals surface area contributed by atoms with Crippen LogP contribution in [0.4, 0.5) is 4.39 Å². The minimum atomic E-state index is -0.434. The standard InChI is InChI=1S/C18H22FN5O/c19-15-3-1-4-16-17(15)22-18(21-16)13-5-9-23(10-6-13)11-14(25)12-24-8-2-7-20-24/h1-4,7-8,13-14,25H,5-6,9-12H2,(H,21,22). The number of aromatic amines is 1. The molecule has 2 aromatic heterocycles. The number of aliphatic hydroxyl groups is 1. The van der Waals surface area contributed by atoms with E-state index < -0.39 is 6.10 Å². The quantitative estimate of drug-likeness (QED) is 0.745. The smallest absolute Gasteiger partial charge is 0.151 e. The maximum absolute atomic E-state index is 13.8. The number of imidazole rings is 1. The van der Waals surface area contributed by atoms with Gasteiger partial charge in [-0.1, -0.05) is 6.07 Å². The number of nitrogens with zero attached hydrogens (tertiary/aromatic N) is 4. The summed E-state index contributed by atoms with van der Waals surface area (Å²) >= 11 is 0. The predicted molar refractivity (Wildman–Crippen MR) is 92.7 cm³/mol. The number of aromatic nitrogens is 4. The van der Waals surface area contributed by atoms with E-state index in [-0.39, 0.29) is 5.82 Å². The largest absolute Gasteiger partial charge is 0.390 e. The molecule has 1 saturated heterocycles. The van der Waals surface area contributed by atoms with E-state index in [9.17, 15) is 9.50 Å². The summed E-state index contributed by atoms with van der Waals surface area (Å²) in [5.74, 6) is 0.905. The Labute approximate surface area is 145 Å². The van der Waals surface area contributed by atoms with E-state index >= 15 is 0 Å². The van der Waals surface area contributed by atoms with Crippen LogP contribution in [0.3, 0.4) is 0 Å². The van der Waals surface area contributed by atoms with Gasteiger partial charge in [-0.25, -0.2) is 9.37 Å². The lowest BCUT2D eigenvalue weighted by Crippen LogP contribution is -2.39. The van der Waals surface area contributed by atoms with E-state index in [1.807, 2.05) is 18.3 Å². The first-order valence-corrected chi connectivity index (χ1v) is 8.71. The zero-order valence-corrected chi connectivity index (χ0v) is 14.0. The number of fused-ring (bicyclic) bond motifs is 1. The van der Waals surface area contributed by atoms with Crippen molar-refractivity contribution in [1.82, 2.24) is 24.6 Å². The number of halogens is 1. The lowest BCUT2D eigenvalue weighted by Gasteiger charge is -2.32. The third-order valence-corrected chi connectivity index (χ3v) is 4.88. The van der Waals surface area contributed by atoms with Crippen LogP contribution in [0.25, 0.3) is 11.0 Å². The molecular formula is C18H22FN5O. The summed E-state index contributed by atoms with van der Waals surface area (Å²) in [5, 5.41) is 14.3. The number of nitrogens with one attached hydrogen (secondary N) is 1. The molecule has 0 radical (unpaired) electrons. The maximum Gasteiger partial charge on any atom is 0.151 e. The molecule has 7 heteroatoms. The molecule has 0 bridgehead atoms. The summed E-state index contributed by atoms with van der Waals surface area (Å²) in [5.41, 5.74) is 1.18. The van der Waals surface area contributed by atoms with Crippen molar-refractivity contribution in [3.8, 4) is 0 Å². The average molecular weight is 343 g/mol. The topological polar surface area (TPSA) is 70.0 Å². The highest BCUT2D eigenvalue weighted by molar-refractivity contribution is 5.75. The first-order chi connectivity index (χ1) is 12.2. The van der Waals surface area contributed by atoms with E-state index in [1.165, 1.54) is 6.07 Å². The summed E-state index contributed by atoms with van der Waals surface area (Å²) < 4.78 is 15.6. The van der Waals surface area contributed by atoms with Gasteiger partial charge in [0.15, 0.2) is 5.82 Å². The number of β-amino-alcohol motifs (C(OH)–C–C–N with tert-alkyl or cyclic N) is 1. The number of hydrogen-bond donors (Lipinski definition) is 2. The van der Waals surface area contributed by atoms with Crippen LogP contribution in [-0.2, 0) is 6.54 Å². The molecule has 1 fully saturated rings. The molecule has 1 aliphatic rings. The lowest BCUT2D eigenvalue weighted by molar-refractivity contribution is 0.0818. The third-order valence-electron chi connectivity index (χ3n) is 4.88. The summed E-state index contributed by atoms with van der Waals surface area (Å²) in [7, 11) is 0. The first kappa shape index (κ1) is 16.2. The summed E-state index contributed by atoms with van der Waals surface area (Å²) in [6.45, 7) is 2.96. The number of benzene rings is 1. The van der Waals surface area contributed by atoms with Crippen molar-refractivity contribution in [2.75, 3.05) is 19.6 Å². The normalized spacial score (nSPS) is 18.0. The number of likely N-dealkylation sites (tertiary alicyclic amines) is 1. The SMILES string of the molecule is OC(CN1CCC(c2nc3c(F)cccc3[nH]2)CC1)Cn1cccn1. The number of aliphatic hydroxyl groups excluding tert-OH is 1. The highest BCUT2D eigenvalue weighted by Gasteiger charge is 2.24.